The molecule has 0 aliphatic heterocycles. The summed E-state index contributed by atoms with van der Waals surface area (Å²) in [7, 11) is 1.88. The Bertz CT molecular complexity index is 898. The van der Waals surface area contributed by atoms with Crippen LogP contribution in [0.1, 0.15) is 35.5 Å². The van der Waals surface area contributed by atoms with Crippen LogP contribution < -0.4 is 11.1 Å². The van der Waals surface area contributed by atoms with Crippen molar-refractivity contribution in [2.45, 2.75) is 38.9 Å². The number of rotatable bonds is 7. The zero-order valence-electron chi connectivity index (χ0n) is 16.0. The first-order chi connectivity index (χ1) is 12.9. The lowest BCUT2D eigenvalue weighted by Gasteiger charge is -2.17. The van der Waals surface area contributed by atoms with Crippen LogP contribution in [0.15, 0.2) is 49.1 Å². The monoisotopic (exact) mass is 366 g/mol. The Kier molecular flexibility index (Phi) is 5.71. The summed E-state index contributed by atoms with van der Waals surface area (Å²) in [6.07, 6.45) is 5.88. The third-order valence-electron chi connectivity index (χ3n) is 4.76. The quantitative estimate of drug-likeness (QED) is 0.666. The summed E-state index contributed by atoms with van der Waals surface area (Å²) in [5.41, 5.74) is 10.1. The van der Waals surface area contributed by atoms with Crippen molar-refractivity contribution in [3.63, 3.8) is 0 Å². The molecule has 3 N–H and O–H groups in total. The molecule has 0 saturated heterocycles. The van der Waals surface area contributed by atoms with Crippen LogP contribution >= 0.6 is 0 Å². The fourth-order valence-electron chi connectivity index (χ4n) is 3.05. The highest BCUT2D eigenvalue weighted by atomic mass is 16.2. The Labute approximate surface area is 159 Å². The van der Waals surface area contributed by atoms with Crippen LogP contribution in [0.25, 0.3) is 0 Å². The molecule has 7 nitrogen and oxygen atoms in total. The molecule has 0 saturated carbocycles. The van der Waals surface area contributed by atoms with E-state index in [4.69, 9.17) is 5.73 Å². The van der Waals surface area contributed by atoms with Gasteiger partial charge in [-0.25, -0.2) is 4.98 Å². The minimum atomic E-state index is -0.649. The Hall–Kier alpha value is -2.93. The molecular formula is C20H26N6O. The number of nitrogens with one attached hydrogen (secondary N) is 1. The maximum atomic E-state index is 12.4. The number of carbonyl (C=O) groups excluding carboxylic acids is 1. The number of nitrogens with two attached hydrogens (primary N) is 1. The van der Waals surface area contributed by atoms with Gasteiger partial charge in [0.05, 0.1) is 30.3 Å². The highest BCUT2D eigenvalue weighted by Crippen LogP contribution is 2.16. The second kappa shape index (κ2) is 8.18. The number of aromatic nitrogens is 4. The molecule has 0 radical (unpaired) electrons. The number of benzene rings is 1. The fourth-order valence-corrected chi connectivity index (χ4v) is 3.05. The zero-order valence-corrected chi connectivity index (χ0v) is 16.0. The normalized spacial score (nSPS) is 13.3. The molecule has 0 bridgehead atoms. The third kappa shape index (κ3) is 4.62. The molecule has 0 fully saturated rings. The summed E-state index contributed by atoms with van der Waals surface area (Å²) in [5.74, 6) is -0.191. The van der Waals surface area contributed by atoms with Gasteiger partial charge < -0.3 is 15.6 Å². The molecule has 3 aromatic rings. The van der Waals surface area contributed by atoms with Crippen LogP contribution in [0.5, 0.6) is 0 Å². The Morgan fingerprint density at radius 2 is 2.04 bits per heavy atom. The van der Waals surface area contributed by atoms with Crippen molar-refractivity contribution in [1.82, 2.24) is 24.6 Å². The second-order valence-corrected chi connectivity index (χ2v) is 6.87. The Morgan fingerprint density at radius 3 is 2.70 bits per heavy atom. The number of amides is 1. The first-order valence-corrected chi connectivity index (χ1v) is 9.03. The smallest absolute Gasteiger partial charge is 0.237 e. The van der Waals surface area contributed by atoms with Crippen LogP contribution in [0.4, 0.5) is 0 Å². The fraction of sp³-hybridized carbons (Fsp3) is 0.350. The van der Waals surface area contributed by atoms with E-state index in [-0.39, 0.29) is 11.9 Å². The lowest BCUT2D eigenvalue weighted by Crippen LogP contribution is -2.43. The minimum Gasteiger partial charge on any atom is -0.348 e. The van der Waals surface area contributed by atoms with E-state index in [2.05, 4.69) is 27.5 Å². The van der Waals surface area contributed by atoms with Crippen LogP contribution in [0.2, 0.25) is 0 Å². The van der Waals surface area contributed by atoms with Gasteiger partial charge in [-0.3, -0.25) is 9.48 Å². The number of aryl methyl sites for hydroxylation is 1. The van der Waals surface area contributed by atoms with Gasteiger partial charge in [-0.15, -0.1) is 0 Å². The van der Waals surface area contributed by atoms with Crippen LogP contribution in [0, 0.1) is 6.92 Å². The number of hydrogen-bond acceptors (Lipinski definition) is 4. The summed E-state index contributed by atoms with van der Waals surface area (Å²) in [6.45, 7) is 4.65. The van der Waals surface area contributed by atoms with E-state index in [9.17, 15) is 4.79 Å². The maximum absolute atomic E-state index is 12.4. The predicted octanol–water partition coefficient (Wildman–Crippen LogP) is 1.72. The number of carbonyl (C=O) groups is 1. The summed E-state index contributed by atoms with van der Waals surface area (Å²) in [4.78, 5) is 16.8. The molecule has 7 heteroatoms. The lowest BCUT2D eigenvalue weighted by molar-refractivity contribution is -0.123. The van der Waals surface area contributed by atoms with Crippen LogP contribution in [0.3, 0.4) is 0 Å². The zero-order chi connectivity index (χ0) is 19.4. The predicted molar refractivity (Wildman–Crippen MR) is 104 cm³/mol. The topological polar surface area (TPSA) is 90.8 Å². The van der Waals surface area contributed by atoms with Gasteiger partial charge in [0.1, 0.15) is 0 Å². The Balaban J connectivity index is 1.56. The van der Waals surface area contributed by atoms with Gasteiger partial charge in [-0.05, 0) is 19.4 Å². The van der Waals surface area contributed by atoms with E-state index >= 15 is 0 Å². The highest BCUT2D eigenvalue weighted by Gasteiger charge is 2.20. The molecule has 2 heterocycles. The first-order valence-electron chi connectivity index (χ1n) is 9.03. The van der Waals surface area contributed by atoms with Crippen LogP contribution in [-0.2, 0) is 24.8 Å². The minimum absolute atomic E-state index is 0.145. The molecule has 1 amide bonds. The third-order valence-corrected chi connectivity index (χ3v) is 4.76. The van der Waals surface area contributed by atoms with Crippen LogP contribution in [-0.4, -0.2) is 31.3 Å². The van der Waals surface area contributed by atoms with Crippen molar-refractivity contribution in [2.75, 3.05) is 0 Å². The standard InChI is InChI=1S/C20H26N6O/c1-14(18-10-23-25(3)15(18)2)24-20(27)19(21)9-17-12-26(13-22-17)11-16-7-5-4-6-8-16/h4-8,10,12-14,19H,9,11,21H2,1-3H3,(H,24,27)/t14?,19-/m0/s1. The summed E-state index contributed by atoms with van der Waals surface area (Å²) in [6, 6.07) is 9.37. The maximum Gasteiger partial charge on any atom is 0.237 e. The van der Waals surface area contributed by atoms with Gasteiger partial charge in [-0.1, -0.05) is 30.3 Å². The average molecular weight is 366 g/mol. The number of hydrogen-bond donors (Lipinski definition) is 2. The second-order valence-electron chi connectivity index (χ2n) is 6.87. The molecule has 2 aromatic heterocycles. The van der Waals surface area contributed by atoms with Crippen molar-refractivity contribution in [2.24, 2.45) is 12.8 Å². The van der Waals surface area contributed by atoms with Gasteiger partial charge in [0.15, 0.2) is 0 Å². The van der Waals surface area contributed by atoms with E-state index in [0.29, 0.717) is 6.42 Å². The van der Waals surface area contributed by atoms with E-state index in [1.807, 2.05) is 49.9 Å². The molecule has 0 spiro atoms. The number of imidazole rings is 1. The molecule has 1 unspecified atom stereocenters. The molecule has 27 heavy (non-hydrogen) atoms. The van der Waals surface area contributed by atoms with Gasteiger partial charge in [0.25, 0.3) is 0 Å². The molecule has 2 atom stereocenters. The molecule has 1 aromatic carbocycles. The van der Waals surface area contributed by atoms with Crippen molar-refractivity contribution in [1.29, 1.82) is 0 Å². The molecule has 0 aliphatic carbocycles. The molecule has 142 valence electrons. The van der Waals surface area contributed by atoms with Crippen molar-refractivity contribution in [3.8, 4) is 0 Å². The summed E-state index contributed by atoms with van der Waals surface area (Å²) < 4.78 is 3.79. The molecule has 3 rings (SSSR count). The van der Waals surface area contributed by atoms with Gasteiger partial charge in [0.2, 0.25) is 5.91 Å². The summed E-state index contributed by atoms with van der Waals surface area (Å²) in [5, 5.41) is 7.18. The van der Waals surface area contributed by atoms with E-state index in [0.717, 1.165) is 23.5 Å². The molecular weight excluding hydrogens is 340 g/mol. The van der Waals surface area contributed by atoms with E-state index < -0.39 is 6.04 Å². The van der Waals surface area contributed by atoms with Crippen molar-refractivity contribution in [3.05, 3.63) is 71.6 Å². The number of nitrogens with zero attached hydrogens (tertiary/aromatic N) is 4. The van der Waals surface area contributed by atoms with E-state index in [1.54, 1.807) is 17.2 Å². The molecule has 0 aliphatic rings. The van der Waals surface area contributed by atoms with Gasteiger partial charge in [-0.2, -0.15) is 5.10 Å². The lowest BCUT2D eigenvalue weighted by atomic mass is 10.1. The van der Waals surface area contributed by atoms with Crippen molar-refractivity contribution < 1.29 is 4.79 Å². The largest absolute Gasteiger partial charge is 0.348 e. The first kappa shape index (κ1) is 18.8. The Morgan fingerprint density at radius 1 is 1.30 bits per heavy atom. The SMILES string of the molecule is Cc1c(C(C)NC(=O)[C@@H](N)Cc2cn(Cc3ccccc3)cn2)cnn1C. The average Bonchev–Trinajstić information content (AvgIpc) is 3.22. The van der Waals surface area contributed by atoms with Gasteiger partial charge >= 0.3 is 0 Å². The summed E-state index contributed by atoms with van der Waals surface area (Å²) >= 11 is 0. The van der Waals surface area contributed by atoms with Gasteiger partial charge in [0, 0.05) is 37.5 Å². The highest BCUT2D eigenvalue weighted by molar-refractivity contribution is 5.82. The van der Waals surface area contributed by atoms with E-state index in [1.165, 1.54) is 5.56 Å². The van der Waals surface area contributed by atoms with Crippen molar-refractivity contribution >= 4 is 5.91 Å².